The lowest BCUT2D eigenvalue weighted by atomic mass is 10.3. The lowest BCUT2D eigenvalue weighted by Crippen LogP contribution is -2.41. The van der Waals surface area contributed by atoms with Crippen LogP contribution in [0.4, 0.5) is 0 Å². The quantitative estimate of drug-likeness (QED) is 0.512. The molecule has 0 heterocycles. The first-order valence-corrected chi connectivity index (χ1v) is 10.3. The van der Waals surface area contributed by atoms with E-state index in [-0.39, 0.29) is 12.1 Å². The van der Waals surface area contributed by atoms with Crippen molar-refractivity contribution in [1.82, 2.24) is 4.67 Å². The van der Waals surface area contributed by atoms with Crippen molar-refractivity contribution in [3.63, 3.8) is 0 Å². The standard InChI is InChI=1S/C18H23INOP/c1-14(2)20(15(3)4)22(21,16-10-6-5-7-11-16)18-13-9-8-12-17(18)19/h5-15H,1-4H3. The van der Waals surface area contributed by atoms with Crippen molar-refractivity contribution >= 4 is 40.5 Å². The van der Waals surface area contributed by atoms with Gasteiger partial charge in [0, 0.05) is 26.3 Å². The van der Waals surface area contributed by atoms with Crippen molar-refractivity contribution in [1.29, 1.82) is 0 Å². The topological polar surface area (TPSA) is 20.3 Å². The molecule has 1 atom stereocenters. The van der Waals surface area contributed by atoms with Gasteiger partial charge >= 0.3 is 0 Å². The molecular formula is C18H23INOP. The van der Waals surface area contributed by atoms with E-state index in [1.54, 1.807) is 0 Å². The molecule has 0 aliphatic rings. The molecule has 118 valence electrons. The maximum Gasteiger partial charge on any atom is 0.208 e. The Labute approximate surface area is 147 Å². The summed E-state index contributed by atoms with van der Waals surface area (Å²) in [6.07, 6.45) is 0. The Morgan fingerprint density at radius 1 is 0.864 bits per heavy atom. The molecule has 0 aliphatic carbocycles. The van der Waals surface area contributed by atoms with Crippen molar-refractivity contribution in [3.05, 3.63) is 58.2 Å². The molecule has 0 saturated heterocycles. The Morgan fingerprint density at radius 2 is 1.36 bits per heavy atom. The van der Waals surface area contributed by atoms with E-state index >= 15 is 0 Å². The third kappa shape index (κ3) is 3.32. The van der Waals surface area contributed by atoms with E-state index in [2.05, 4.69) is 55.0 Å². The number of hydrogen-bond donors (Lipinski definition) is 0. The molecule has 0 aromatic heterocycles. The molecule has 22 heavy (non-hydrogen) atoms. The summed E-state index contributed by atoms with van der Waals surface area (Å²) in [5.74, 6) is 0. The molecule has 0 radical (unpaired) electrons. The molecule has 2 rings (SSSR count). The van der Waals surface area contributed by atoms with E-state index in [1.165, 1.54) is 0 Å². The van der Waals surface area contributed by atoms with Crippen molar-refractivity contribution in [3.8, 4) is 0 Å². The zero-order valence-electron chi connectivity index (χ0n) is 13.5. The zero-order valence-corrected chi connectivity index (χ0v) is 16.6. The van der Waals surface area contributed by atoms with Crippen LogP contribution in [-0.2, 0) is 4.57 Å². The number of nitrogens with zero attached hydrogens (tertiary/aromatic N) is 1. The van der Waals surface area contributed by atoms with Crippen molar-refractivity contribution in [2.75, 3.05) is 0 Å². The average Bonchev–Trinajstić information content (AvgIpc) is 2.47. The van der Waals surface area contributed by atoms with Crippen LogP contribution >= 0.6 is 29.9 Å². The maximum absolute atomic E-state index is 14.3. The fraction of sp³-hybridized carbons (Fsp3) is 0.333. The van der Waals surface area contributed by atoms with E-state index in [0.717, 1.165) is 14.2 Å². The molecule has 0 N–H and O–H groups in total. The van der Waals surface area contributed by atoms with Crippen molar-refractivity contribution in [2.45, 2.75) is 39.8 Å². The van der Waals surface area contributed by atoms with E-state index in [1.807, 2.05) is 54.6 Å². The molecule has 0 aliphatic heterocycles. The van der Waals surface area contributed by atoms with Crippen LogP contribution in [0.5, 0.6) is 0 Å². The van der Waals surface area contributed by atoms with Gasteiger partial charge in [0.05, 0.1) is 0 Å². The fourth-order valence-electron chi connectivity index (χ4n) is 2.97. The third-order valence-corrected chi connectivity index (χ3v) is 8.65. The highest BCUT2D eigenvalue weighted by atomic mass is 127. The normalized spacial score (nSPS) is 14.5. The Morgan fingerprint density at radius 3 is 1.86 bits per heavy atom. The molecular weight excluding hydrogens is 404 g/mol. The second-order valence-corrected chi connectivity index (χ2v) is 9.70. The highest BCUT2D eigenvalue weighted by molar-refractivity contribution is 14.1. The SMILES string of the molecule is CC(C)N(C(C)C)P(=O)(c1ccccc1)c1ccccc1I. The highest BCUT2D eigenvalue weighted by Crippen LogP contribution is 2.51. The van der Waals surface area contributed by atoms with Gasteiger partial charge in [-0.2, -0.15) is 0 Å². The van der Waals surface area contributed by atoms with Crippen LogP contribution in [0, 0.1) is 3.57 Å². The fourth-order valence-corrected chi connectivity index (χ4v) is 7.66. The Bertz CT molecular complexity index is 662. The number of halogens is 1. The van der Waals surface area contributed by atoms with Crippen LogP contribution in [0.2, 0.25) is 0 Å². The van der Waals surface area contributed by atoms with E-state index in [0.29, 0.717) is 0 Å². The lowest BCUT2D eigenvalue weighted by molar-refractivity contribution is 0.307. The number of benzene rings is 2. The van der Waals surface area contributed by atoms with Crippen molar-refractivity contribution in [2.24, 2.45) is 0 Å². The van der Waals surface area contributed by atoms with Crippen LogP contribution in [0.15, 0.2) is 54.6 Å². The molecule has 2 aromatic rings. The van der Waals surface area contributed by atoms with Gasteiger partial charge in [0.2, 0.25) is 7.29 Å². The summed E-state index contributed by atoms with van der Waals surface area (Å²) in [7, 11) is -2.86. The van der Waals surface area contributed by atoms with Gasteiger partial charge < -0.3 is 0 Å². The lowest BCUT2D eigenvalue weighted by Gasteiger charge is -2.38. The Kier molecular flexibility index (Phi) is 5.87. The summed E-state index contributed by atoms with van der Waals surface area (Å²) in [4.78, 5) is 0. The molecule has 0 amide bonds. The molecule has 0 spiro atoms. The molecule has 2 nitrogen and oxygen atoms in total. The Hall–Kier alpha value is -0.640. The van der Waals surface area contributed by atoms with Gasteiger partial charge in [-0.15, -0.1) is 0 Å². The minimum atomic E-state index is -2.86. The van der Waals surface area contributed by atoms with Gasteiger partial charge in [-0.1, -0.05) is 30.3 Å². The van der Waals surface area contributed by atoms with Crippen molar-refractivity contribution < 1.29 is 4.57 Å². The van der Waals surface area contributed by atoms with Gasteiger partial charge in [0.1, 0.15) is 0 Å². The minimum Gasteiger partial charge on any atom is -0.296 e. The molecule has 4 heteroatoms. The zero-order chi connectivity index (χ0) is 16.3. The first-order chi connectivity index (χ1) is 10.4. The minimum absolute atomic E-state index is 0.196. The Balaban J connectivity index is 2.76. The second-order valence-electron chi connectivity index (χ2n) is 5.93. The predicted octanol–water partition coefficient (Wildman–Crippen LogP) is 4.64. The van der Waals surface area contributed by atoms with E-state index in [9.17, 15) is 4.57 Å². The summed E-state index contributed by atoms with van der Waals surface area (Å²) in [6, 6.07) is 18.3. The van der Waals surface area contributed by atoms with Gasteiger partial charge in [-0.05, 0) is 74.6 Å². The summed E-state index contributed by atoms with van der Waals surface area (Å²) in [5.41, 5.74) is 0. The summed E-state index contributed by atoms with van der Waals surface area (Å²) >= 11 is 2.29. The number of hydrogen-bond acceptors (Lipinski definition) is 1. The largest absolute Gasteiger partial charge is 0.296 e. The molecule has 0 bridgehead atoms. The van der Waals surface area contributed by atoms with Gasteiger partial charge in [-0.25, -0.2) is 4.67 Å². The molecule has 1 unspecified atom stereocenters. The van der Waals surface area contributed by atoms with Gasteiger partial charge in [-0.3, -0.25) is 4.57 Å². The maximum atomic E-state index is 14.3. The number of rotatable bonds is 5. The molecule has 2 aromatic carbocycles. The monoisotopic (exact) mass is 427 g/mol. The highest BCUT2D eigenvalue weighted by Gasteiger charge is 2.38. The first-order valence-electron chi connectivity index (χ1n) is 7.58. The van der Waals surface area contributed by atoms with Crippen LogP contribution in [-0.4, -0.2) is 16.8 Å². The first kappa shape index (κ1) is 17.7. The van der Waals surface area contributed by atoms with Crippen LogP contribution < -0.4 is 10.6 Å². The summed E-state index contributed by atoms with van der Waals surface area (Å²) in [6.45, 7) is 8.47. The smallest absolute Gasteiger partial charge is 0.208 e. The van der Waals surface area contributed by atoms with Crippen LogP contribution in [0.25, 0.3) is 0 Å². The van der Waals surface area contributed by atoms with E-state index < -0.39 is 7.29 Å². The molecule has 0 fully saturated rings. The van der Waals surface area contributed by atoms with Crippen LogP contribution in [0.1, 0.15) is 27.7 Å². The predicted molar refractivity (Wildman–Crippen MR) is 105 cm³/mol. The molecule has 0 saturated carbocycles. The van der Waals surface area contributed by atoms with Crippen LogP contribution in [0.3, 0.4) is 0 Å². The summed E-state index contributed by atoms with van der Waals surface area (Å²) < 4.78 is 17.6. The van der Waals surface area contributed by atoms with E-state index in [4.69, 9.17) is 0 Å². The second kappa shape index (κ2) is 7.29. The average molecular weight is 427 g/mol. The summed E-state index contributed by atoms with van der Waals surface area (Å²) in [5, 5.41) is 1.84. The van der Waals surface area contributed by atoms with Gasteiger partial charge in [0.15, 0.2) is 0 Å². The van der Waals surface area contributed by atoms with Gasteiger partial charge in [0.25, 0.3) is 0 Å². The third-order valence-electron chi connectivity index (χ3n) is 3.67.